The van der Waals surface area contributed by atoms with Gasteiger partial charge in [-0.2, -0.15) is 0 Å². The minimum Gasteiger partial charge on any atom is -0.496 e. The third kappa shape index (κ3) is 1.78. The van der Waals surface area contributed by atoms with Crippen molar-refractivity contribution in [2.75, 3.05) is 7.11 Å². The molecule has 0 aliphatic rings. The van der Waals surface area contributed by atoms with Gasteiger partial charge in [-0.15, -0.1) is 0 Å². The summed E-state index contributed by atoms with van der Waals surface area (Å²) >= 11 is 3.27. The molecule has 1 unspecified atom stereocenters. The van der Waals surface area contributed by atoms with E-state index >= 15 is 0 Å². The highest BCUT2D eigenvalue weighted by Crippen LogP contribution is 2.33. The highest BCUT2D eigenvalue weighted by molar-refractivity contribution is 9.10. The lowest BCUT2D eigenvalue weighted by Crippen LogP contribution is -1.93. The zero-order valence-corrected chi connectivity index (χ0v) is 8.56. The molecule has 66 valence electrons. The summed E-state index contributed by atoms with van der Waals surface area (Å²) in [5.74, 6) is 0.583. The second-order valence-corrected chi connectivity index (χ2v) is 3.33. The average molecular weight is 233 g/mol. The van der Waals surface area contributed by atoms with Crippen molar-refractivity contribution in [1.82, 2.24) is 0 Å². The minimum atomic E-state index is -1.02. The number of benzene rings is 1. The van der Waals surface area contributed by atoms with E-state index in [1.165, 1.54) is 14.0 Å². The molecule has 0 aromatic heterocycles. The van der Waals surface area contributed by atoms with Gasteiger partial charge in [0.15, 0.2) is 0 Å². The molecule has 0 amide bonds. The van der Waals surface area contributed by atoms with Gasteiger partial charge in [0.2, 0.25) is 0 Å². The predicted molar refractivity (Wildman–Crippen MR) is 50.2 cm³/mol. The average Bonchev–Trinajstić information content (AvgIpc) is 2.03. The fourth-order valence-electron chi connectivity index (χ4n) is 1.08. The molecule has 0 fully saturated rings. The number of ether oxygens (including phenoxy) is 1. The van der Waals surface area contributed by atoms with E-state index in [4.69, 9.17) is 4.74 Å². The van der Waals surface area contributed by atoms with E-state index in [-0.39, 0.29) is 0 Å². The SMILES string of the molecule is COc1cccc(Br)c1C(C)F. The van der Waals surface area contributed by atoms with Crippen LogP contribution in [0.25, 0.3) is 0 Å². The third-order valence-electron chi connectivity index (χ3n) is 1.63. The Hall–Kier alpha value is -0.570. The van der Waals surface area contributed by atoms with E-state index in [0.29, 0.717) is 11.3 Å². The number of hydrogen-bond acceptors (Lipinski definition) is 1. The van der Waals surface area contributed by atoms with Crippen molar-refractivity contribution in [3.8, 4) is 5.75 Å². The Morgan fingerprint density at radius 2 is 2.17 bits per heavy atom. The first-order valence-corrected chi connectivity index (χ1v) is 4.42. The Bertz CT molecular complexity index is 273. The number of hydrogen-bond donors (Lipinski definition) is 0. The Morgan fingerprint density at radius 1 is 1.50 bits per heavy atom. The molecular weight excluding hydrogens is 223 g/mol. The predicted octanol–water partition coefficient (Wildman–Crippen LogP) is 3.49. The molecule has 0 aliphatic carbocycles. The molecule has 0 radical (unpaired) electrons. The van der Waals surface area contributed by atoms with Gasteiger partial charge >= 0.3 is 0 Å². The lowest BCUT2D eigenvalue weighted by molar-refractivity contribution is 0.345. The molecule has 0 spiro atoms. The molecule has 0 saturated heterocycles. The Labute approximate surface area is 79.7 Å². The Kier molecular flexibility index (Phi) is 3.09. The molecule has 12 heavy (non-hydrogen) atoms. The number of halogens is 2. The molecule has 1 aromatic rings. The van der Waals surface area contributed by atoms with Gasteiger partial charge in [-0.05, 0) is 19.1 Å². The summed E-state index contributed by atoms with van der Waals surface area (Å²) in [4.78, 5) is 0. The molecule has 0 saturated carbocycles. The van der Waals surface area contributed by atoms with E-state index in [1.54, 1.807) is 12.1 Å². The molecule has 0 heterocycles. The second kappa shape index (κ2) is 3.90. The van der Waals surface area contributed by atoms with Crippen LogP contribution in [0.5, 0.6) is 5.75 Å². The van der Waals surface area contributed by atoms with Crippen molar-refractivity contribution in [2.24, 2.45) is 0 Å². The first kappa shape index (κ1) is 9.52. The van der Waals surface area contributed by atoms with Crippen LogP contribution in [0.4, 0.5) is 4.39 Å². The number of methoxy groups -OCH3 is 1. The fraction of sp³-hybridized carbons (Fsp3) is 0.333. The quantitative estimate of drug-likeness (QED) is 0.759. The van der Waals surface area contributed by atoms with E-state index in [2.05, 4.69) is 15.9 Å². The second-order valence-electron chi connectivity index (χ2n) is 2.47. The maximum Gasteiger partial charge on any atom is 0.127 e. The standard InChI is InChI=1S/C9H10BrFO/c1-6(11)9-7(10)4-3-5-8(9)12-2/h3-6H,1-2H3. The first-order valence-electron chi connectivity index (χ1n) is 3.63. The molecular formula is C9H10BrFO. The van der Waals surface area contributed by atoms with E-state index in [0.717, 1.165) is 4.47 Å². The van der Waals surface area contributed by atoms with Crippen LogP contribution in [-0.4, -0.2) is 7.11 Å². The molecule has 3 heteroatoms. The third-order valence-corrected chi connectivity index (χ3v) is 2.32. The topological polar surface area (TPSA) is 9.23 Å². The van der Waals surface area contributed by atoms with Crippen LogP contribution in [0.2, 0.25) is 0 Å². The summed E-state index contributed by atoms with van der Waals surface area (Å²) in [7, 11) is 1.54. The summed E-state index contributed by atoms with van der Waals surface area (Å²) in [6.07, 6.45) is -1.02. The molecule has 0 N–H and O–H groups in total. The normalized spacial score (nSPS) is 12.7. The van der Waals surface area contributed by atoms with Gasteiger partial charge in [0.25, 0.3) is 0 Å². The van der Waals surface area contributed by atoms with Crippen molar-refractivity contribution in [3.63, 3.8) is 0 Å². The molecule has 1 rings (SSSR count). The summed E-state index contributed by atoms with van der Waals surface area (Å²) in [5, 5.41) is 0. The molecule has 0 aliphatic heterocycles. The molecule has 0 bridgehead atoms. The van der Waals surface area contributed by atoms with E-state index in [9.17, 15) is 4.39 Å². The summed E-state index contributed by atoms with van der Waals surface area (Å²) < 4.78 is 18.8. The van der Waals surface area contributed by atoms with Crippen molar-refractivity contribution >= 4 is 15.9 Å². The summed E-state index contributed by atoms with van der Waals surface area (Å²) in [5.41, 5.74) is 0.569. The monoisotopic (exact) mass is 232 g/mol. The lowest BCUT2D eigenvalue weighted by Gasteiger charge is -2.10. The van der Waals surface area contributed by atoms with Gasteiger partial charge in [0.1, 0.15) is 11.9 Å². The van der Waals surface area contributed by atoms with Crippen LogP contribution >= 0.6 is 15.9 Å². The summed E-state index contributed by atoms with van der Waals surface area (Å²) in [6, 6.07) is 5.36. The largest absolute Gasteiger partial charge is 0.496 e. The van der Waals surface area contributed by atoms with Crippen LogP contribution in [0.15, 0.2) is 22.7 Å². The Balaban J connectivity index is 3.20. The van der Waals surface area contributed by atoms with Crippen LogP contribution in [0, 0.1) is 0 Å². The Morgan fingerprint density at radius 3 is 2.58 bits per heavy atom. The molecule has 1 atom stereocenters. The zero-order valence-electron chi connectivity index (χ0n) is 6.97. The maximum atomic E-state index is 13.0. The van der Waals surface area contributed by atoms with Gasteiger partial charge < -0.3 is 4.74 Å². The van der Waals surface area contributed by atoms with E-state index in [1.807, 2.05) is 6.07 Å². The minimum absolute atomic E-state index is 0.569. The first-order chi connectivity index (χ1) is 5.66. The smallest absolute Gasteiger partial charge is 0.127 e. The zero-order chi connectivity index (χ0) is 9.14. The van der Waals surface area contributed by atoms with Gasteiger partial charge in [-0.3, -0.25) is 0 Å². The van der Waals surface area contributed by atoms with Gasteiger partial charge in [-0.1, -0.05) is 22.0 Å². The van der Waals surface area contributed by atoms with Gasteiger partial charge in [0.05, 0.1) is 7.11 Å². The maximum absolute atomic E-state index is 13.0. The lowest BCUT2D eigenvalue weighted by atomic mass is 10.1. The van der Waals surface area contributed by atoms with Crippen LogP contribution in [-0.2, 0) is 0 Å². The highest BCUT2D eigenvalue weighted by atomic mass is 79.9. The van der Waals surface area contributed by atoms with Crippen LogP contribution in [0.3, 0.4) is 0 Å². The van der Waals surface area contributed by atoms with Gasteiger partial charge in [-0.25, -0.2) is 4.39 Å². The highest BCUT2D eigenvalue weighted by Gasteiger charge is 2.12. The van der Waals surface area contributed by atoms with Crippen molar-refractivity contribution in [1.29, 1.82) is 0 Å². The van der Waals surface area contributed by atoms with Crippen molar-refractivity contribution in [2.45, 2.75) is 13.1 Å². The van der Waals surface area contributed by atoms with E-state index < -0.39 is 6.17 Å². The van der Waals surface area contributed by atoms with Crippen LogP contribution in [0.1, 0.15) is 18.7 Å². The summed E-state index contributed by atoms with van der Waals surface area (Å²) in [6.45, 7) is 1.49. The van der Waals surface area contributed by atoms with Gasteiger partial charge in [0, 0.05) is 10.0 Å². The molecule has 1 aromatic carbocycles. The number of rotatable bonds is 2. The van der Waals surface area contributed by atoms with Crippen molar-refractivity contribution < 1.29 is 9.13 Å². The number of alkyl halides is 1. The van der Waals surface area contributed by atoms with Crippen LogP contribution < -0.4 is 4.74 Å². The fourth-order valence-corrected chi connectivity index (χ4v) is 1.74. The van der Waals surface area contributed by atoms with Crippen molar-refractivity contribution in [3.05, 3.63) is 28.2 Å². The molecule has 1 nitrogen and oxygen atoms in total.